The van der Waals surface area contributed by atoms with Crippen molar-refractivity contribution in [2.45, 2.75) is 24.7 Å². The van der Waals surface area contributed by atoms with E-state index in [1.165, 1.54) is 23.5 Å². The number of ether oxygens (including phenoxy) is 1. The lowest BCUT2D eigenvalue weighted by Gasteiger charge is -2.30. The highest BCUT2D eigenvalue weighted by molar-refractivity contribution is 7.89. The second-order valence-corrected chi connectivity index (χ2v) is 7.90. The minimum atomic E-state index is -3.88. The Hall–Kier alpha value is -1.64. The quantitative estimate of drug-likeness (QED) is 0.807. The van der Waals surface area contributed by atoms with Gasteiger partial charge >= 0.3 is 11.9 Å². The van der Waals surface area contributed by atoms with E-state index in [9.17, 15) is 18.0 Å². The molecule has 1 aliphatic rings. The first-order chi connectivity index (χ1) is 11.2. The minimum Gasteiger partial charge on any atom is -0.481 e. The second-order valence-electron chi connectivity index (χ2n) is 5.59. The Balaban J connectivity index is 2.38. The van der Waals surface area contributed by atoms with E-state index in [0.29, 0.717) is 5.56 Å². The summed E-state index contributed by atoms with van der Waals surface area (Å²) < 4.78 is 31.6. The van der Waals surface area contributed by atoms with E-state index in [1.54, 1.807) is 6.92 Å². The number of methoxy groups -OCH3 is 1. The van der Waals surface area contributed by atoms with E-state index in [-0.39, 0.29) is 41.4 Å². The van der Waals surface area contributed by atoms with Crippen LogP contribution in [0.15, 0.2) is 17.0 Å². The summed E-state index contributed by atoms with van der Waals surface area (Å²) in [5.74, 6) is -2.14. The van der Waals surface area contributed by atoms with Crippen LogP contribution in [0.3, 0.4) is 0 Å². The predicted molar refractivity (Wildman–Crippen MR) is 86.6 cm³/mol. The summed E-state index contributed by atoms with van der Waals surface area (Å²) in [6, 6.07) is 2.60. The molecule has 1 heterocycles. The summed E-state index contributed by atoms with van der Waals surface area (Å²) in [7, 11) is -2.69. The van der Waals surface area contributed by atoms with Crippen molar-refractivity contribution in [2.24, 2.45) is 5.92 Å². The molecule has 132 valence electrons. The third-order valence-corrected chi connectivity index (χ3v) is 6.56. The number of aliphatic carboxylic acids is 1. The number of esters is 1. The number of nitrogens with zero attached hydrogens (tertiary/aromatic N) is 1. The van der Waals surface area contributed by atoms with E-state index in [2.05, 4.69) is 4.74 Å². The third-order valence-electron chi connectivity index (χ3n) is 4.14. The number of hydrogen-bond donors (Lipinski definition) is 1. The van der Waals surface area contributed by atoms with Gasteiger partial charge < -0.3 is 9.84 Å². The molecule has 1 saturated heterocycles. The van der Waals surface area contributed by atoms with Gasteiger partial charge in [-0.25, -0.2) is 13.2 Å². The second kappa shape index (κ2) is 7.08. The Morgan fingerprint density at radius 3 is 2.38 bits per heavy atom. The molecule has 0 aliphatic carbocycles. The van der Waals surface area contributed by atoms with Gasteiger partial charge in [0, 0.05) is 18.1 Å². The summed E-state index contributed by atoms with van der Waals surface area (Å²) in [4.78, 5) is 22.6. The lowest BCUT2D eigenvalue weighted by molar-refractivity contribution is -0.142. The molecule has 0 amide bonds. The number of benzene rings is 1. The standard InChI is InChI=1S/C15H18ClNO6S/c1-9-12(16)7-11(15(20)23-2)8-13(9)24(21,22)17-5-3-10(4-6-17)14(18)19/h7-8,10H,3-6H2,1-2H3,(H,18,19). The fraction of sp³-hybridized carbons (Fsp3) is 0.467. The van der Waals surface area contributed by atoms with Gasteiger partial charge in [-0.2, -0.15) is 4.31 Å². The fourth-order valence-electron chi connectivity index (χ4n) is 2.64. The Morgan fingerprint density at radius 2 is 1.88 bits per heavy atom. The van der Waals surface area contributed by atoms with E-state index in [0.717, 1.165) is 0 Å². The van der Waals surface area contributed by atoms with Crippen LogP contribution in [0.4, 0.5) is 0 Å². The van der Waals surface area contributed by atoms with E-state index >= 15 is 0 Å². The molecule has 0 spiro atoms. The van der Waals surface area contributed by atoms with Crippen LogP contribution >= 0.6 is 11.6 Å². The number of hydrogen-bond acceptors (Lipinski definition) is 5. The maximum Gasteiger partial charge on any atom is 0.337 e. The number of sulfonamides is 1. The molecule has 24 heavy (non-hydrogen) atoms. The summed E-state index contributed by atoms with van der Waals surface area (Å²) in [5, 5.41) is 9.16. The Kier molecular flexibility index (Phi) is 5.52. The highest BCUT2D eigenvalue weighted by atomic mass is 35.5. The van der Waals surface area contributed by atoms with Crippen molar-refractivity contribution >= 4 is 33.6 Å². The molecule has 1 fully saturated rings. The normalized spacial score (nSPS) is 16.8. The van der Waals surface area contributed by atoms with Crippen molar-refractivity contribution in [1.82, 2.24) is 4.31 Å². The Morgan fingerprint density at radius 1 is 1.29 bits per heavy atom. The molecule has 0 saturated carbocycles. The first kappa shape index (κ1) is 18.7. The van der Waals surface area contributed by atoms with Crippen LogP contribution in [0.5, 0.6) is 0 Å². The van der Waals surface area contributed by atoms with Crippen molar-refractivity contribution in [3.8, 4) is 0 Å². The van der Waals surface area contributed by atoms with Crippen molar-refractivity contribution in [3.63, 3.8) is 0 Å². The largest absolute Gasteiger partial charge is 0.481 e. The lowest BCUT2D eigenvalue weighted by Crippen LogP contribution is -2.40. The molecule has 9 heteroatoms. The van der Waals surface area contributed by atoms with Crippen LogP contribution in [-0.2, 0) is 19.6 Å². The van der Waals surface area contributed by atoms with Crippen LogP contribution in [0.2, 0.25) is 5.02 Å². The molecule has 1 aromatic rings. The van der Waals surface area contributed by atoms with Gasteiger partial charge in [-0.1, -0.05) is 11.6 Å². The van der Waals surface area contributed by atoms with Gasteiger partial charge in [0.1, 0.15) is 0 Å². The smallest absolute Gasteiger partial charge is 0.337 e. The molecule has 7 nitrogen and oxygen atoms in total. The lowest BCUT2D eigenvalue weighted by atomic mass is 9.99. The summed E-state index contributed by atoms with van der Waals surface area (Å²) >= 11 is 6.06. The van der Waals surface area contributed by atoms with Gasteiger partial charge in [-0.15, -0.1) is 0 Å². The summed E-state index contributed by atoms with van der Waals surface area (Å²) in [6.07, 6.45) is 0.496. The number of piperidine rings is 1. The Bertz CT molecular complexity index is 768. The molecule has 1 N–H and O–H groups in total. The van der Waals surface area contributed by atoms with Gasteiger partial charge in [-0.05, 0) is 37.5 Å². The molecule has 0 bridgehead atoms. The van der Waals surface area contributed by atoms with Crippen LogP contribution in [-0.4, -0.2) is 50.0 Å². The molecule has 0 unspecified atom stereocenters. The van der Waals surface area contributed by atoms with Crippen LogP contribution in [0.1, 0.15) is 28.8 Å². The molecule has 0 aromatic heterocycles. The first-order valence-corrected chi connectivity index (χ1v) is 9.11. The van der Waals surface area contributed by atoms with Crippen molar-refractivity contribution in [1.29, 1.82) is 0 Å². The Labute approximate surface area is 145 Å². The van der Waals surface area contributed by atoms with Crippen molar-refractivity contribution in [3.05, 3.63) is 28.3 Å². The monoisotopic (exact) mass is 375 g/mol. The number of carbonyl (C=O) groups excluding carboxylic acids is 1. The first-order valence-electron chi connectivity index (χ1n) is 7.30. The van der Waals surface area contributed by atoms with Crippen LogP contribution < -0.4 is 0 Å². The van der Waals surface area contributed by atoms with Crippen molar-refractivity contribution < 1.29 is 27.9 Å². The average Bonchev–Trinajstić information content (AvgIpc) is 2.56. The molecule has 0 atom stereocenters. The number of carboxylic acid groups (broad SMARTS) is 1. The summed E-state index contributed by atoms with van der Waals surface area (Å²) in [6.45, 7) is 1.78. The maximum atomic E-state index is 12.9. The van der Waals surface area contributed by atoms with Crippen LogP contribution in [0, 0.1) is 12.8 Å². The van der Waals surface area contributed by atoms with Crippen LogP contribution in [0.25, 0.3) is 0 Å². The topological polar surface area (TPSA) is 101 Å². The molecule has 0 radical (unpaired) electrons. The fourth-order valence-corrected chi connectivity index (χ4v) is 4.66. The third kappa shape index (κ3) is 3.55. The molecule has 1 aliphatic heterocycles. The molecule has 1 aromatic carbocycles. The zero-order valence-electron chi connectivity index (χ0n) is 13.3. The SMILES string of the molecule is COC(=O)c1cc(Cl)c(C)c(S(=O)(=O)N2CCC(C(=O)O)CC2)c1. The van der Waals surface area contributed by atoms with Gasteiger partial charge in [0.25, 0.3) is 0 Å². The average molecular weight is 376 g/mol. The zero-order valence-corrected chi connectivity index (χ0v) is 14.9. The molecular formula is C15H18ClNO6S. The minimum absolute atomic E-state index is 0.0482. The molecular weight excluding hydrogens is 358 g/mol. The summed E-state index contributed by atoms with van der Waals surface area (Å²) in [5.41, 5.74) is 0.386. The zero-order chi connectivity index (χ0) is 18.1. The number of carboxylic acids is 1. The van der Waals surface area contributed by atoms with E-state index in [1.807, 2.05) is 0 Å². The number of carbonyl (C=O) groups is 2. The number of rotatable bonds is 4. The van der Waals surface area contributed by atoms with Gasteiger partial charge in [0.2, 0.25) is 10.0 Å². The highest BCUT2D eigenvalue weighted by Crippen LogP contribution is 2.30. The van der Waals surface area contributed by atoms with E-state index in [4.69, 9.17) is 16.7 Å². The molecule has 2 rings (SSSR count). The van der Waals surface area contributed by atoms with Gasteiger partial charge in [0.15, 0.2) is 0 Å². The van der Waals surface area contributed by atoms with Gasteiger partial charge in [-0.3, -0.25) is 4.79 Å². The predicted octanol–water partition coefficient (Wildman–Crippen LogP) is 1.92. The van der Waals surface area contributed by atoms with Gasteiger partial charge in [0.05, 0.1) is 23.5 Å². The van der Waals surface area contributed by atoms with E-state index < -0.39 is 27.9 Å². The maximum absolute atomic E-state index is 12.9. The highest BCUT2D eigenvalue weighted by Gasteiger charge is 2.33. The van der Waals surface area contributed by atoms with Crippen molar-refractivity contribution in [2.75, 3.05) is 20.2 Å². The number of halogens is 1.